The third-order valence-corrected chi connectivity index (χ3v) is 6.16. The Balaban J connectivity index is 1.65. The molecule has 7 heteroatoms. The van der Waals surface area contributed by atoms with E-state index in [0.717, 1.165) is 29.8 Å². The summed E-state index contributed by atoms with van der Waals surface area (Å²) in [5.74, 6) is 0. The van der Waals surface area contributed by atoms with Crippen LogP contribution in [-0.2, 0) is 23.2 Å². The van der Waals surface area contributed by atoms with Gasteiger partial charge < -0.3 is 30.5 Å². The van der Waals surface area contributed by atoms with Crippen molar-refractivity contribution in [2.24, 2.45) is 0 Å². The summed E-state index contributed by atoms with van der Waals surface area (Å²) in [6.45, 7) is 2.52. The summed E-state index contributed by atoms with van der Waals surface area (Å²) in [6.07, 6.45) is -4.53. The number of nitrogens with one attached hydrogen (secondary N) is 1. The highest BCUT2D eigenvalue weighted by atomic mass is 35.5. The second-order valence-electron chi connectivity index (χ2n) is 7.69. The van der Waals surface area contributed by atoms with Crippen LogP contribution in [0.15, 0.2) is 36.4 Å². The van der Waals surface area contributed by atoms with Crippen LogP contribution in [0.4, 0.5) is 5.69 Å². The van der Waals surface area contributed by atoms with Crippen LogP contribution in [0.5, 0.6) is 0 Å². The van der Waals surface area contributed by atoms with Gasteiger partial charge in [-0.1, -0.05) is 35.9 Å². The molecule has 4 rings (SSSR count). The summed E-state index contributed by atoms with van der Waals surface area (Å²) in [5.41, 5.74) is 3.58. The quantitative estimate of drug-likeness (QED) is 0.531. The van der Waals surface area contributed by atoms with E-state index in [1.54, 1.807) is 19.1 Å². The van der Waals surface area contributed by atoms with Crippen LogP contribution < -0.4 is 5.32 Å². The van der Waals surface area contributed by atoms with Gasteiger partial charge in [-0.05, 0) is 54.2 Å². The van der Waals surface area contributed by atoms with Gasteiger partial charge in [-0.15, -0.1) is 0 Å². The Labute approximate surface area is 168 Å². The largest absolute Gasteiger partial charge is 0.387 e. The number of ether oxygens (including phenoxy) is 1. The molecule has 5 N–H and O–H groups in total. The van der Waals surface area contributed by atoms with E-state index in [-0.39, 0.29) is 0 Å². The smallest absolute Gasteiger partial charge is 0.184 e. The Morgan fingerprint density at radius 3 is 2.68 bits per heavy atom. The molecule has 0 bridgehead atoms. The number of benzene rings is 2. The first kappa shape index (κ1) is 19.6. The summed E-state index contributed by atoms with van der Waals surface area (Å²) < 4.78 is 5.50. The molecule has 2 aromatic carbocycles. The fraction of sp³-hybridized carbons (Fsp3) is 0.429. The zero-order valence-electron chi connectivity index (χ0n) is 15.5. The molecular formula is C21H24ClNO5. The van der Waals surface area contributed by atoms with Crippen LogP contribution in [0.25, 0.3) is 0 Å². The first-order valence-corrected chi connectivity index (χ1v) is 9.72. The second kappa shape index (κ2) is 7.30. The normalized spacial score (nSPS) is 32.1. The third kappa shape index (κ3) is 3.30. The Kier molecular flexibility index (Phi) is 5.12. The van der Waals surface area contributed by atoms with E-state index in [0.29, 0.717) is 17.0 Å². The molecule has 0 spiro atoms. The lowest BCUT2D eigenvalue weighted by Gasteiger charge is -2.45. The monoisotopic (exact) mass is 405 g/mol. The van der Waals surface area contributed by atoms with E-state index < -0.39 is 30.2 Å². The van der Waals surface area contributed by atoms with E-state index in [1.165, 1.54) is 5.56 Å². The summed E-state index contributed by atoms with van der Waals surface area (Å²) in [4.78, 5) is 0. The first-order chi connectivity index (χ1) is 13.3. The van der Waals surface area contributed by atoms with Gasteiger partial charge in [0.25, 0.3) is 0 Å². The van der Waals surface area contributed by atoms with Gasteiger partial charge in [0.2, 0.25) is 0 Å². The number of aliphatic hydroxyl groups excluding tert-OH is 4. The fourth-order valence-electron chi connectivity index (χ4n) is 4.02. The van der Waals surface area contributed by atoms with Crippen molar-refractivity contribution in [1.29, 1.82) is 0 Å². The van der Waals surface area contributed by atoms with Gasteiger partial charge in [-0.3, -0.25) is 0 Å². The van der Waals surface area contributed by atoms with Crippen LogP contribution in [0.3, 0.4) is 0 Å². The van der Waals surface area contributed by atoms with E-state index in [1.807, 2.05) is 6.07 Å². The van der Waals surface area contributed by atoms with Gasteiger partial charge in [0.05, 0.1) is 0 Å². The third-order valence-electron chi connectivity index (χ3n) is 5.79. The summed E-state index contributed by atoms with van der Waals surface area (Å²) in [6, 6.07) is 11.5. The molecule has 6 nitrogen and oxygen atoms in total. The second-order valence-corrected chi connectivity index (χ2v) is 8.10. The maximum atomic E-state index is 10.5. The van der Waals surface area contributed by atoms with Gasteiger partial charge in [-0.25, -0.2) is 0 Å². The molecule has 0 radical (unpaired) electrons. The molecule has 0 aromatic heterocycles. The zero-order valence-corrected chi connectivity index (χ0v) is 16.2. The molecule has 2 aliphatic rings. The minimum Gasteiger partial charge on any atom is -0.387 e. The van der Waals surface area contributed by atoms with Gasteiger partial charge in [0.15, 0.2) is 6.29 Å². The number of hydrogen-bond acceptors (Lipinski definition) is 6. The van der Waals surface area contributed by atoms with Crippen molar-refractivity contribution in [3.05, 3.63) is 63.7 Å². The average molecular weight is 406 g/mol. The average Bonchev–Trinajstić information content (AvgIpc) is 3.14. The van der Waals surface area contributed by atoms with Crippen molar-refractivity contribution in [2.45, 2.75) is 50.0 Å². The number of rotatable bonds is 3. The van der Waals surface area contributed by atoms with Crippen molar-refractivity contribution < 1.29 is 25.2 Å². The number of hydrogen-bond donors (Lipinski definition) is 5. The van der Waals surface area contributed by atoms with Crippen LogP contribution in [-0.4, -0.2) is 51.6 Å². The van der Waals surface area contributed by atoms with E-state index in [2.05, 4.69) is 23.5 Å². The molecule has 5 atom stereocenters. The first-order valence-electron chi connectivity index (χ1n) is 9.34. The molecule has 2 aromatic rings. The molecular weight excluding hydrogens is 382 g/mol. The molecule has 0 unspecified atom stereocenters. The fourth-order valence-corrected chi connectivity index (χ4v) is 4.20. The minimum atomic E-state index is -1.60. The Morgan fingerprint density at radius 2 is 1.89 bits per heavy atom. The molecule has 28 heavy (non-hydrogen) atoms. The molecule has 1 fully saturated rings. The molecule has 150 valence electrons. The lowest BCUT2D eigenvalue weighted by molar-refractivity contribution is -0.320. The highest BCUT2D eigenvalue weighted by Crippen LogP contribution is 2.39. The maximum absolute atomic E-state index is 10.5. The van der Waals surface area contributed by atoms with Crippen LogP contribution in [0.2, 0.25) is 5.02 Å². The predicted octanol–water partition coefficient (Wildman–Crippen LogP) is 1.55. The van der Waals surface area contributed by atoms with Gasteiger partial charge in [-0.2, -0.15) is 0 Å². The number of fused-ring (bicyclic) bond motifs is 1. The summed E-state index contributed by atoms with van der Waals surface area (Å²) in [7, 11) is 0. The van der Waals surface area contributed by atoms with E-state index in [9.17, 15) is 20.4 Å². The Morgan fingerprint density at radius 1 is 1.11 bits per heavy atom. The highest BCUT2D eigenvalue weighted by Gasteiger charge is 2.51. The summed E-state index contributed by atoms with van der Waals surface area (Å²) in [5, 5.41) is 44.2. The molecule has 2 heterocycles. The van der Waals surface area contributed by atoms with Gasteiger partial charge in [0.1, 0.15) is 23.9 Å². The van der Waals surface area contributed by atoms with Gasteiger partial charge in [0, 0.05) is 17.3 Å². The lowest BCUT2D eigenvalue weighted by atomic mass is 9.82. The highest BCUT2D eigenvalue weighted by molar-refractivity contribution is 6.31. The number of aliphatic hydroxyl groups is 4. The Bertz CT molecular complexity index is 891. The molecule has 2 aliphatic heterocycles. The number of anilines is 1. The molecule has 0 amide bonds. The van der Waals surface area contributed by atoms with Crippen LogP contribution >= 0.6 is 11.6 Å². The SMILES string of the molecule is C[C@@]1(c2ccc(Cl)c(Cc3ccc4c(c3)CCN4)c2)O[C@@H](O)[C@@H](O)[C@H](O)[C@H]1O. The summed E-state index contributed by atoms with van der Waals surface area (Å²) >= 11 is 6.41. The van der Waals surface area contributed by atoms with Crippen LogP contribution in [0.1, 0.15) is 29.2 Å². The maximum Gasteiger partial charge on any atom is 0.184 e. The van der Waals surface area contributed by atoms with E-state index >= 15 is 0 Å². The lowest BCUT2D eigenvalue weighted by Crippen LogP contribution is -2.61. The predicted molar refractivity (Wildman–Crippen MR) is 105 cm³/mol. The van der Waals surface area contributed by atoms with Crippen molar-refractivity contribution >= 4 is 17.3 Å². The van der Waals surface area contributed by atoms with Crippen LogP contribution in [0, 0.1) is 0 Å². The Hall–Kier alpha value is -1.67. The van der Waals surface area contributed by atoms with E-state index in [4.69, 9.17) is 16.3 Å². The van der Waals surface area contributed by atoms with Crippen molar-refractivity contribution in [3.63, 3.8) is 0 Å². The molecule has 0 saturated carbocycles. The van der Waals surface area contributed by atoms with Crippen molar-refractivity contribution in [2.75, 3.05) is 11.9 Å². The van der Waals surface area contributed by atoms with Gasteiger partial charge >= 0.3 is 0 Å². The molecule has 1 saturated heterocycles. The zero-order chi connectivity index (χ0) is 20.1. The molecule has 0 aliphatic carbocycles. The standard InChI is InChI=1S/C21H24ClNO5/c1-21(19(26)17(24)18(25)20(27)28-21)14-3-4-15(22)13(10-14)9-11-2-5-16-12(8-11)6-7-23-16/h2-5,8,10,17-20,23-27H,6-7,9H2,1H3/t17-,18-,19+,20+,21-/m0/s1. The van der Waals surface area contributed by atoms with Crippen molar-refractivity contribution in [1.82, 2.24) is 0 Å². The topological polar surface area (TPSA) is 102 Å². The number of halogens is 1. The van der Waals surface area contributed by atoms with Crippen molar-refractivity contribution in [3.8, 4) is 0 Å². The minimum absolute atomic E-state index is 0.562.